The molecule has 0 aliphatic carbocycles. The Kier molecular flexibility index (Phi) is 6.64. The van der Waals surface area contributed by atoms with Gasteiger partial charge in [0, 0.05) is 27.4 Å². The number of anilines is 1. The molecule has 0 unspecified atom stereocenters. The fourth-order valence-electron chi connectivity index (χ4n) is 2.34. The van der Waals surface area contributed by atoms with Crippen molar-refractivity contribution in [1.82, 2.24) is 4.98 Å². The maximum absolute atomic E-state index is 8.81. The fourth-order valence-corrected chi connectivity index (χ4v) is 2.83. The molecule has 0 spiro atoms. The summed E-state index contributed by atoms with van der Waals surface area (Å²) in [6.07, 6.45) is 4.89. The highest BCUT2D eigenvalue weighted by Crippen LogP contribution is 2.30. The summed E-state index contributed by atoms with van der Waals surface area (Å²) in [6, 6.07) is 14.0. The zero-order valence-electron chi connectivity index (χ0n) is 13.4. The summed E-state index contributed by atoms with van der Waals surface area (Å²) in [7, 11) is 1.93. The van der Waals surface area contributed by atoms with Crippen LogP contribution in [0.4, 0.5) is 5.69 Å². The summed E-state index contributed by atoms with van der Waals surface area (Å²) in [5, 5.41) is 5.19. The second-order valence-electron chi connectivity index (χ2n) is 4.97. The number of H-pyrrole nitrogens is 1. The van der Waals surface area contributed by atoms with Crippen molar-refractivity contribution in [2.75, 3.05) is 12.4 Å². The molecule has 5 heteroatoms. The number of carbonyl (C=O) groups excluding carboxylic acids is 1. The van der Waals surface area contributed by atoms with E-state index in [1.165, 1.54) is 12.3 Å². The van der Waals surface area contributed by atoms with Crippen LogP contribution in [0.25, 0.3) is 23.1 Å². The Morgan fingerprint density at radius 1 is 1.12 bits per heavy atom. The Balaban J connectivity index is 0.000000647. The molecule has 1 heterocycles. The normalized spacial score (nSPS) is 10.5. The number of rotatable bonds is 3. The Labute approximate surface area is 154 Å². The second-order valence-corrected chi connectivity index (χ2v) is 6.33. The van der Waals surface area contributed by atoms with Gasteiger partial charge in [-0.25, -0.2) is 0 Å². The third kappa shape index (κ3) is 4.49. The van der Waals surface area contributed by atoms with Crippen LogP contribution in [0, 0.1) is 0 Å². The zero-order valence-corrected chi connectivity index (χ0v) is 15.8. The van der Waals surface area contributed by atoms with Crippen molar-refractivity contribution in [1.29, 1.82) is 0 Å². The van der Waals surface area contributed by atoms with Gasteiger partial charge in [0.15, 0.2) is 0 Å². The molecule has 0 aliphatic rings. The number of benzene rings is 2. The minimum atomic E-state index is 0.749. The maximum atomic E-state index is 8.81. The largest absolute Gasteiger partial charge is 0.386 e. The Morgan fingerprint density at radius 2 is 1.79 bits per heavy atom. The van der Waals surface area contributed by atoms with Gasteiger partial charge in [0.2, 0.25) is 0 Å². The van der Waals surface area contributed by atoms with Gasteiger partial charge in [0.25, 0.3) is 0 Å². The van der Waals surface area contributed by atoms with Crippen molar-refractivity contribution >= 4 is 62.6 Å². The van der Waals surface area contributed by atoms with Gasteiger partial charge in [-0.15, -0.1) is 0 Å². The predicted molar refractivity (Wildman–Crippen MR) is 108 cm³/mol. The molecule has 2 N–H and O–H groups in total. The van der Waals surface area contributed by atoms with Crippen LogP contribution in [0.2, 0.25) is 5.02 Å². The number of hydrogen-bond acceptors (Lipinski definition) is 2. The van der Waals surface area contributed by atoms with Crippen molar-refractivity contribution < 1.29 is 4.79 Å². The molecule has 2 aromatic carbocycles. The number of aromatic amines is 1. The van der Waals surface area contributed by atoms with E-state index in [1.807, 2.05) is 37.4 Å². The molecule has 3 rings (SSSR count). The van der Waals surface area contributed by atoms with Crippen LogP contribution in [0.5, 0.6) is 0 Å². The molecule has 1 aromatic heterocycles. The molecule has 0 amide bonds. The molecule has 0 radical (unpaired) electrons. The lowest BCUT2D eigenvalue weighted by Crippen LogP contribution is -1.88. The van der Waals surface area contributed by atoms with Crippen molar-refractivity contribution in [3.8, 4) is 0 Å². The Bertz CT molecular complexity index is 854. The highest BCUT2D eigenvalue weighted by atomic mass is 79.9. The van der Waals surface area contributed by atoms with Gasteiger partial charge < -0.3 is 15.1 Å². The predicted octanol–water partition coefficient (Wildman–Crippen LogP) is 6.00. The SMILES string of the molecule is CC=O.CNc1c(/C=C/c2ccc(Cl)cc2)[nH]c2cc(Br)ccc12. The minimum Gasteiger partial charge on any atom is -0.386 e. The number of halogens is 2. The van der Waals surface area contributed by atoms with Crippen LogP contribution in [0.3, 0.4) is 0 Å². The zero-order chi connectivity index (χ0) is 17.5. The Hall–Kier alpha value is -2.04. The van der Waals surface area contributed by atoms with Gasteiger partial charge >= 0.3 is 0 Å². The lowest BCUT2D eigenvalue weighted by atomic mass is 10.2. The van der Waals surface area contributed by atoms with E-state index < -0.39 is 0 Å². The smallest absolute Gasteiger partial charge is 0.116 e. The third-order valence-corrected chi connectivity index (χ3v) is 4.10. The first-order chi connectivity index (χ1) is 11.6. The molecule has 0 saturated heterocycles. The summed E-state index contributed by atoms with van der Waals surface area (Å²) in [5.74, 6) is 0. The van der Waals surface area contributed by atoms with Gasteiger partial charge in [0.05, 0.1) is 11.4 Å². The molecule has 0 saturated carbocycles. The van der Waals surface area contributed by atoms with Crippen molar-refractivity contribution in [3.63, 3.8) is 0 Å². The van der Waals surface area contributed by atoms with Gasteiger partial charge in [-0.3, -0.25) is 0 Å². The number of aldehydes is 1. The highest BCUT2D eigenvalue weighted by Gasteiger charge is 2.08. The molecular weight excluding hydrogens is 388 g/mol. The van der Waals surface area contributed by atoms with Crippen LogP contribution in [0.15, 0.2) is 46.9 Å². The summed E-state index contributed by atoms with van der Waals surface area (Å²) in [4.78, 5) is 12.2. The lowest BCUT2D eigenvalue weighted by Gasteiger charge is -2.00. The van der Waals surface area contributed by atoms with Crippen LogP contribution >= 0.6 is 27.5 Å². The number of hydrogen-bond donors (Lipinski definition) is 2. The first kappa shape index (κ1) is 18.3. The molecule has 3 aromatic rings. The molecule has 3 nitrogen and oxygen atoms in total. The quantitative estimate of drug-likeness (QED) is 0.525. The van der Waals surface area contributed by atoms with Crippen LogP contribution in [-0.2, 0) is 4.79 Å². The number of carbonyl (C=O) groups is 1. The first-order valence-corrected chi connectivity index (χ1v) is 8.58. The first-order valence-electron chi connectivity index (χ1n) is 7.41. The third-order valence-electron chi connectivity index (χ3n) is 3.35. The van der Waals surface area contributed by atoms with Crippen molar-refractivity contribution in [3.05, 3.63) is 63.2 Å². The van der Waals surface area contributed by atoms with Crippen molar-refractivity contribution in [2.45, 2.75) is 6.92 Å². The van der Waals surface area contributed by atoms with E-state index in [4.69, 9.17) is 16.4 Å². The average molecular weight is 406 g/mol. The van der Waals surface area contributed by atoms with E-state index >= 15 is 0 Å². The van der Waals surface area contributed by atoms with E-state index in [2.05, 4.69) is 50.5 Å². The molecular formula is C19H18BrClN2O. The molecule has 0 fully saturated rings. The van der Waals surface area contributed by atoms with Gasteiger partial charge in [0.1, 0.15) is 6.29 Å². The monoisotopic (exact) mass is 404 g/mol. The number of fused-ring (bicyclic) bond motifs is 1. The van der Waals surface area contributed by atoms with Gasteiger partial charge in [-0.1, -0.05) is 45.7 Å². The van der Waals surface area contributed by atoms with E-state index in [9.17, 15) is 0 Å². The molecule has 0 atom stereocenters. The molecule has 0 bridgehead atoms. The second kappa shape index (κ2) is 8.71. The summed E-state index contributed by atoms with van der Waals surface area (Å²) in [6.45, 7) is 1.44. The lowest BCUT2D eigenvalue weighted by molar-refractivity contribution is -0.106. The van der Waals surface area contributed by atoms with Gasteiger partial charge in [-0.2, -0.15) is 0 Å². The van der Waals surface area contributed by atoms with Crippen LogP contribution in [0.1, 0.15) is 18.2 Å². The topological polar surface area (TPSA) is 44.9 Å². The standard InChI is InChI=1S/C17H14BrClN2.C2H4O/c1-20-17-14-8-5-12(18)10-16(14)21-15(17)9-4-11-2-6-13(19)7-3-11;1-2-3/h2-10,20-21H,1H3;2H,1H3/b9-4+;. The fraction of sp³-hybridized carbons (Fsp3) is 0.105. The highest BCUT2D eigenvalue weighted by molar-refractivity contribution is 9.10. The minimum absolute atomic E-state index is 0.749. The van der Waals surface area contributed by atoms with E-state index in [0.29, 0.717) is 0 Å². The Morgan fingerprint density at radius 3 is 2.42 bits per heavy atom. The van der Waals surface area contributed by atoms with E-state index in [1.54, 1.807) is 0 Å². The number of aromatic nitrogens is 1. The molecule has 0 aliphatic heterocycles. The molecule has 24 heavy (non-hydrogen) atoms. The number of nitrogens with one attached hydrogen (secondary N) is 2. The van der Waals surface area contributed by atoms with Crippen molar-refractivity contribution in [2.24, 2.45) is 0 Å². The maximum Gasteiger partial charge on any atom is 0.116 e. The van der Waals surface area contributed by atoms with Crippen LogP contribution < -0.4 is 5.32 Å². The average Bonchev–Trinajstić information content (AvgIpc) is 2.91. The summed E-state index contributed by atoms with van der Waals surface area (Å²) in [5.41, 5.74) is 4.37. The van der Waals surface area contributed by atoms with E-state index in [-0.39, 0.29) is 0 Å². The van der Waals surface area contributed by atoms with Crippen LogP contribution in [-0.4, -0.2) is 18.3 Å². The summed E-state index contributed by atoms with van der Waals surface area (Å²) < 4.78 is 1.06. The molecule has 124 valence electrons. The summed E-state index contributed by atoms with van der Waals surface area (Å²) >= 11 is 9.40. The van der Waals surface area contributed by atoms with Gasteiger partial charge in [-0.05, 0) is 48.9 Å². The van der Waals surface area contributed by atoms with E-state index in [0.717, 1.165) is 38.2 Å².